The first kappa shape index (κ1) is 20.1. The monoisotopic (exact) mass is 460 g/mol. The van der Waals surface area contributed by atoms with E-state index in [1.807, 2.05) is 38.1 Å². The molecular formula is C20H18BrClN4O2. The highest BCUT2D eigenvalue weighted by Gasteiger charge is 2.21. The van der Waals surface area contributed by atoms with E-state index in [9.17, 15) is 9.59 Å². The number of amides is 2. The first-order valence-electron chi connectivity index (χ1n) is 8.54. The second-order valence-electron chi connectivity index (χ2n) is 6.30. The van der Waals surface area contributed by atoms with Gasteiger partial charge in [0.05, 0.1) is 21.1 Å². The van der Waals surface area contributed by atoms with Gasteiger partial charge in [0.15, 0.2) is 5.82 Å². The highest BCUT2D eigenvalue weighted by Crippen LogP contribution is 2.26. The van der Waals surface area contributed by atoms with Gasteiger partial charge in [0.2, 0.25) is 0 Å². The molecule has 0 fully saturated rings. The van der Waals surface area contributed by atoms with Crippen molar-refractivity contribution < 1.29 is 9.59 Å². The van der Waals surface area contributed by atoms with Gasteiger partial charge in [0.25, 0.3) is 11.8 Å². The summed E-state index contributed by atoms with van der Waals surface area (Å²) in [6.07, 6.45) is 0. The smallest absolute Gasteiger partial charge is 0.271 e. The van der Waals surface area contributed by atoms with E-state index in [0.717, 1.165) is 11.1 Å². The lowest BCUT2D eigenvalue weighted by atomic mass is 10.1. The highest BCUT2D eigenvalue weighted by molar-refractivity contribution is 9.10. The summed E-state index contributed by atoms with van der Waals surface area (Å²) in [5, 5.41) is 12.5. The third-order valence-corrected chi connectivity index (χ3v) is 5.31. The minimum atomic E-state index is -0.419. The van der Waals surface area contributed by atoms with Gasteiger partial charge in [0, 0.05) is 0 Å². The number of aromatic amines is 1. The molecule has 0 spiro atoms. The molecule has 2 aromatic carbocycles. The lowest BCUT2D eigenvalue weighted by Crippen LogP contribution is -2.27. The molecule has 1 atom stereocenters. The van der Waals surface area contributed by atoms with E-state index in [4.69, 9.17) is 11.6 Å². The van der Waals surface area contributed by atoms with Gasteiger partial charge in [-0.3, -0.25) is 14.7 Å². The molecule has 3 aromatic rings. The maximum absolute atomic E-state index is 12.6. The van der Waals surface area contributed by atoms with Crippen LogP contribution in [0.1, 0.15) is 44.9 Å². The minimum Gasteiger partial charge on any atom is -0.344 e. The number of aromatic nitrogens is 2. The van der Waals surface area contributed by atoms with Crippen LogP contribution in [0.3, 0.4) is 0 Å². The number of rotatable bonds is 5. The molecule has 1 aromatic heterocycles. The first-order valence-corrected chi connectivity index (χ1v) is 9.71. The number of aryl methyl sites for hydroxylation is 1. The summed E-state index contributed by atoms with van der Waals surface area (Å²) in [6.45, 7) is 3.90. The van der Waals surface area contributed by atoms with Crippen LogP contribution in [-0.2, 0) is 0 Å². The molecule has 8 heteroatoms. The quantitative estimate of drug-likeness (QED) is 0.506. The average Bonchev–Trinajstić information content (AvgIpc) is 3.03. The summed E-state index contributed by atoms with van der Waals surface area (Å²) in [5.74, 6) is -0.554. The largest absolute Gasteiger partial charge is 0.344 e. The van der Waals surface area contributed by atoms with Crippen LogP contribution in [0.5, 0.6) is 0 Å². The third kappa shape index (κ3) is 4.43. The Balaban J connectivity index is 1.71. The summed E-state index contributed by atoms with van der Waals surface area (Å²) in [5.41, 5.74) is 2.67. The predicted molar refractivity (Wildman–Crippen MR) is 113 cm³/mol. The van der Waals surface area contributed by atoms with Crippen molar-refractivity contribution in [1.82, 2.24) is 15.5 Å². The molecule has 1 heterocycles. The van der Waals surface area contributed by atoms with Crippen molar-refractivity contribution in [3.63, 3.8) is 0 Å². The van der Waals surface area contributed by atoms with Gasteiger partial charge in [-0.25, -0.2) is 0 Å². The van der Waals surface area contributed by atoms with Gasteiger partial charge in [-0.05, 0) is 47.5 Å². The third-order valence-electron chi connectivity index (χ3n) is 4.21. The Morgan fingerprint density at radius 2 is 1.79 bits per heavy atom. The standard InChI is InChI=1S/C20H18BrClN4O2/c1-11-7-9-13(10-8-11)12(2)23-20(28)17-16(21)18(26-25-17)24-19(27)14-5-3-4-6-15(14)22/h3-10,12H,1-2H3,(H,23,28)(H2,24,25,26,27). The van der Waals surface area contributed by atoms with Crippen molar-refractivity contribution in [3.05, 3.63) is 80.4 Å². The topological polar surface area (TPSA) is 86.9 Å². The van der Waals surface area contributed by atoms with Crippen molar-refractivity contribution in [2.24, 2.45) is 0 Å². The number of H-pyrrole nitrogens is 1. The van der Waals surface area contributed by atoms with Crippen LogP contribution in [0.2, 0.25) is 5.02 Å². The van der Waals surface area contributed by atoms with E-state index >= 15 is 0 Å². The molecule has 3 N–H and O–H groups in total. The van der Waals surface area contributed by atoms with Crippen molar-refractivity contribution in [2.75, 3.05) is 5.32 Å². The number of hydrogen-bond acceptors (Lipinski definition) is 3. The molecular weight excluding hydrogens is 444 g/mol. The number of benzene rings is 2. The maximum Gasteiger partial charge on any atom is 0.271 e. The van der Waals surface area contributed by atoms with Crippen LogP contribution in [0.25, 0.3) is 0 Å². The Kier molecular flexibility index (Phi) is 6.16. The number of nitrogens with one attached hydrogen (secondary N) is 3. The average molecular weight is 462 g/mol. The molecule has 6 nitrogen and oxygen atoms in total. The zero-order valence-corrected chi connectivity index (χ0v) is 17.6. The van der Waals surface area contributed by atoms with Crippen LogP contribution in [-0.4, -0.2) is 22.0 Å². The zero-order chi connectivity index (χ0) is 20.3. The van der Waals surface area contributed by atoms with Crippen molar-refractivity contribution in [1.29, 1.82) is 0 Å². The van der Waals surface area contributed by atoms with Crippen LogP contribution >= 0.6 is 27.5 Å². The molecule has 3 rings (SSSR count). The molecule has 1 unspecified atom stereocenters. The molecule has 0 bridgehead atoms. The van der Waals surface area contributed by atoms with Crippen LogP contribution in [0, 0.1) is 6.92 Å². The van der Waals surface area contributed by atoms with Gasteiger partial charge in [-0.2, -0.15) is 5.10 Å². The van der Waals surface area contributed by atoms with E-state index in [0.29, 0.717) is 15.1 Å². The maximum atomic E-state index is 12.6. The van der Waals surface area contributed by atoms with Gasteiger partial charge in [-0.1, -0.05) is 53.6 Å². The normalized spacial score (nSPS) is 11.7. The van der Waals surface area contributed by atoms with Crippen LogP contribution < -0.4 is 10.6 Å². The Morgan fingerprint density at radius 3 is 2.46 bits per heavy atom. The van der Waals surface area contributed by atoms with Crippen molar-refractivity contribution in [2.45, 2.75) is 19.9 Å². The summed E-state index contributed by atoms with van der Waals surface area (Å²) < 4.78 is 0.363. The van der Waals surface area contributed by atoms with E-state index < -0.39 is 5.91 Å². The van der Waals surface area contributed by atoms with Crippen molar-refractivity contribution in [3.8, 4) is 0 Å². The Morgan fingerprint density at radius 1 is 1.11 bits per heavy atom. The van der Waals surface area contributed by atoms with E-state index in [-0.39, 0.29) is 23.5 Å². The van der Waals surface area contributed by atoms with Gasteiger partial charge in [-0.15, -0.1) is 0 Å². The van der Waals surface area contributed by atoms with Crippen LogP contribution in [0.4, 0.5) is 5.82 Å². The number of halogens is 2. The van der Waals surface area contributed by atoms with Gasteiger partial charge >= 0.3 is 0 Å². The molecule has 0 saturated heterocycles. The van der Waals surface area contributed by atoms with Gasteiger partial charge < -0.3 is 10.6 Å². The second kappa shape index (κ2) is 8.58. The number of carbonyl (C=O) groups excluding carboxylic acids is 2. The summed E-state index contributed by atoms with van der Waals surface area (Å²) in [6, 6.07) is 14.4. The Labute approximate surface area is 175 Å². The lowest BCUT2D eigenvalue weighted by Gasteiger charge is -2.14. The molecule has 0 radical (unpaired) electrons. The van der Waals surface area contributed by atoms with Crippen LogP contribution in [0.15, 0.2) is 53.0 Å². The fourth-order valence-electron chi connectivity index (χ4n) is 2.59. The molecule has 0 aliphatic carbocycles. The first-order chi connectivity index (χ1) is 13.4. The number of anilines is 1. The highest BCUT2D eigenvalue weighted by atomic mass is 79.9. The van der Waals surface area contributed by atoms with E-state index in [2.05, 4.69) is 36.8 Å². The molecule has 0 aliphatic heterocycles. The Hall–Kier alpha value is -2.64. The zero-order valence-electron chi connectivity index (χ0n) is 15.2. The second-order valence-corrected chi connectivity index (χ2v) is 7.50. The molecule has 2 amide bonds. The molecule has 0 saturated carbocycles. The minimum absolute atomic E-state index is 0.190. The number of carbonyl (C=O) groups is 2. The predicted octanol–water partition coefficient (Wildman–Crippen LogP) is 4.88. The summed E-state index contributed by atoms with van der Waals surface area (Å²) in [4.78, 5) is 25.0. The molecule has 28 heavy (non-hydrogen) atoms. The summed E-state index contributed by atoms with van der Waals surface area (Å²) >= 11 is 9.37. The fraction of sp³-hybridized carbons (Fsp3) is 0.150. The lowest BCUT2D eigenvalue weighted by molar-refractivity contribution is 0.0933. The van der Waals surface area contributed by atoms with Gasteiger partial charge in [0.1, 0.15) is 5.69 Å². The van der Waals surface area contributed by atoms with E-state index in [1.54, 1.807) is 24.3 Å². The fourth-order valence-corrected chi connectivity index (χ4v) is 3.27. The molecule has 144 valence electrons. The van der Waals surface area contributed by atoms with E-state index in [1.165, 1.54) is 0 Å². The summed E-state index contributed by atoms with van der Waals surface area (Å²) in [7, 11) is 0. The number of hydrogen-bond donors (Lipinski definition) is 3. The Bertz CT molecular complexity index is 1020. The number of nitrogens with zero attached hydrogens (tertiary/aromatic N) is 1. The van der Waals surface area contributed by atoms with Crippen molar-refractivity contribution >= 4 is 45.2 Å². The SMILES string of the molecule is Cc1ccc(C(C)NC(=O)c2[nH]nc(NC(=O)c3ccccc3Cl)c2Br)cc1. The molecule has 0 aliphatic rings.